The maximum absolute atomic E-state index is 12.9. The average molecular weight is 452 g/mol. The molecule has 5 rings (SSSR count). The predicted octanol–water partition coefficient (Wildman–Crippen LogP) is 3.00. The van der Waals surface area contributed by atoms with Crippen LogP contribution in [0.4, 0.5) is 5.13 Å². The quantitative estimate of drug-likeness (QED) is 0.583. The van der Waals surface area contributed by atoms with Crippen LogP contribution in [0.25, 0.3) is 4.96 Å². The highest BCUT2D eigenvalue weighted by Gasteiger charge is 2.28. The van der Waals surface area contributed by atoms with Crippen molar-refractivity contribution in [2.24, 2.45) is 5.92 Å². The molecular weight excluding hydrogens is 422 g/mol. The Balaban J connectivity index is 1.22. The zero-order chi connectivity index (χ0) is 21.9. The molecule has 1 unspecified atom stereocenters. The summed E-state index contributed by atoms with van der Waals surface area (Å²) in [6.45, 7) is 2.18. The van der Waals surface area contributed by atoms with Gasteiger partial charge in [-0.2, -0.15) is 4.52 Å². The molecule has 168 valence electrons. The van der Waals surface area contributed by atoms with E-state index in [4.69, 9.17) is 4.98 Å². The van der Waals surface area contributed by atoms with E-state index in [-0.39, 0.29) is 17.4 Å². The highest BCUT2D eigenvalue weighted by atomic mass is 32.1. The number of nitrogens with one attached hydrogen (secondary N) is 1. The summed E-state index contributed by atoms with van der Waals surface area (Å²) in [4.78, 5) is 33.2. The van der Waals surface area contributed by atoms with E-state index in [0.717, 1.165) is 74.3 Å². The molecule has 3 heterocycles. The molecule has 7 nitrogen and oxygen atoms in total. The van der Waals surface area contributed by atoms with Gasteiger partial charge in [-0.1, -0.05) is 41.7 Å². The molecule has 0 spiro atoms. The molecule has 0 bridgehead atoms. The third-order valence-corrected chi connectivity index (χ3v) is 7.49. The molecular formula is C24H29N5O2S. The minimum Gasteiger partial charge on any atom is -0.356 e. The maximum Gasteiger partial charge on any atom is 0.278 e. The number of piperidine rings is 1. The molecule has 1 saturated heterocycles. The number of nitrogens with zero attached hydrogens (tertiary/aromatic N) is 4. The predicted molar refractivity (Wildman–Crippen MR) is 126 cm³/mol. The van der Waals surface area contributed by atoms with Crippen LogP contribution >= 0.6 is 11.3 Å². The van der Waals surface area contributed by atoms with Crippen LogP contribution in [0.5, 0.6) is 0 Å². The number of rotatable bonds is 6. The zero-order valence-electron chi connectivity index (χ0n) is 18.3. The fraction of sp³-hybridized carbons (Fsp3) is 0.500. The van der Waals surface area contributed by atoms with Crippen LogP contribution in [-0.2, 0) is 24.1 Å². The Labute approximate surface area is 191 Å². The summed E-state index contributed by atoms with van der Waals surface area (Å²) >= 11 is 1.46. The Morgan fingerprint density at radius 1 is 1.16 bits per heavy atom. The van der Waals surface area contributed by atoms with Gasteiger partial charge < -0.3 is 10.2 Å². The van der Waals surface area contributed by atoms with Gasteiger partial charge in [0.15, 0.2) is 0 Å². The van der Waals surface area contributed by atoms with E-state index in [0.29, 0.717) is 18.1 Å². The van der Waals surface area contributed by atoms with Crippen molar-refractivity contribution in [1.29, 1.82) is 0 Å². The second kappa shape index (κ2) is 9.40. The van der Waals surface area contributed by atoms with Gasteiger partial charge >= 0.3 is 0 Å². The number of benzene rings is 1. The van der Waals surface area contributed by atoms with Crippen molar-refractivity contribution in [2.75, 3.05) is 24.5 Å². The molecule has 1 amide bonds. The lowest BCUT2D eigenvalue weighted by Gasteiger charge is -2.31. The molecule has 8 heteroatoms. The first-order chi connectivity index (χ1) is 15.7. The van der Waals surface area contributed by atoms with Crippen LogP contribution in [0.3, 0.4) is 0 Å². The van der Waals surface area contributed by atoms with Crippen molar-refractivity contribution in [1.82, 2.24) is 19.9 Å². The zero-order valence-corrected chi connectivity index (χ0v) is 19.1. The van der Waals surface area contributed by atoms with Crippen LogP contribution in [0.1, 0.15) is 48.9 Å². The number of anilines is 1. The van der Waals surface area contributed by atoms with Crippen LogP contribution < -0.4 is 15.8 Å². The smallest absolute Gasteiger partial charge is 0.278 e. The van der Waals surface area contributed by atoms with Crippen molar-refractivity contribution >= 4 is 27.3 Å². The van der Waals surface area contributed by atoms with Gasteiger partial charge in [-0.15, -0.1) is 5.10 Å². The van der Waals surface area contributed by atoms with E-state index in [2.05, 4.69) is 27.4 Å². The van der Waals surface area contributed by atoms with E-state index >= 15 is 0 Å². The summed E-state index contributed by atoms with van der Waals surface area (Å²) in [5.41, 5.74) is 3.06. The SMILES string of the molecule is O=C(NCCCc1ccccc1)C1CCCN(c2nn3c(=O)c4c(nc3s2)CCCC4)C1. The van der Waals surface area contributed by atoms with Crippen LogP contribution in [0, 0.1) is 5.92 Å². The van der Waals surface area contributed by atoms with Crippen molar-refractivity contribution < 1.29 is 4.79 Å². The number of aryl methyl sites for hydroxylation is 2. The van der Waals surface area contributed by atoms with Gasteiger partial charge in [0, 0.05) is 25.2 Å². The third-order valence-electron chi connectivity index (χ3n) is 6.52. The minimum absolute atomic E-state index is 0.0167. The Kier molecular flexibility index (Phi) is 6.21. The lowest BCUT2D eigenvalue weighted by atomic mass is 9.97. The fourth-order valence-corrected chi connectivity index (χ4v) is 5.70. The van der Waals surface area contributed by atoms with Gasteiger partial charge in [-0.05, 0) is 56.9 Å². The highest BCUT2D eigenvalue weighted by Crippen LogP contribution is 2.28. The summed E-state index contributed by atoms with van der Waals surface area (Å²) in [6, 6.07) is 10.4. The molecule has 1 N–H and O–H groups in total. The number of hydrogen-bond acceptors (Lipinski definition) is 6. The second-order valence-electron chi connectivity index (χ2n) is 8.79. The fourth-order valence-electron chi connectivity index (χ4n) is 4.75. The van der Waals surface area contributed by atoms with Gasteiger partial charge in [0.1, 0.15) is 0 Å². The first kappa shape index (κ1) is 21.1. The van der Waals surface area contributed by atoms with Gasteiger partial charge in [-0.3, -0.25) is 9.59 Å². The summed E-state index contributed by atoms with van der Waals surface area (Å²) < 4.78 is 1.47. The standard InChI is InChI=1S/C24H29N5O2S/c30-21(25-14-6-10-17-8-2-1-3-9-17)18-11-7-15-28(16-18)24-27-29-22(31)19-12-4-5-13-20(19)26-23(29)32-24/h1-3,8-9,18H,4-7,10-16H2,(H,25,30). The van der Waals surface area contributed by atoms with Gasteiger partial charge in [0.25, 0.3) is 5.56 Å². The Morgan fingerprint density at radius 3 is 2.88 bits per heavy atom. The van der Waals surface area contributed by atoms with Crippen LogP contribution in [-0.4, -0.2) is 40.1 Å². The normalized spacial score (nSPS) is 18.5. The molecule has 2 aliphatic rings. The summed E-state index contributed by atoms with van der Waals surface area (Å²) in [7, 11) is 0. The number of hydrogen-bond donors (Lipinski definition) is 1. The molecule has 0 radical (unpaired) electrons. The number of carbonyl (C=O) groups excluding carboxylic acids is 1. The van der Waals surface area contributed by atoms with E-state index in [1.54, 1.807) is 0 Å². The van der Waals surface area contributed by atoms with Gasteiger partial charge in [-0.25, -0.2) is 4.98 Å². The third kappa shape index (κ3) is 4.41. The first-order valence-corrected chi connectivity index (χ1v) is 12.5. The van der Waals surface area contributed by atoms with Crippen LogP contribution in [0.15, 0.2) is 35.1 Å². The molecule has 1 atom stereocenters. The van der Waals surface area contributed by atoms with E-state index in [9.17, 15) is 9.59 Å². The first-order valence-electron chi connectivity index (χ1n) is 11.7. The monoisotopic (exact) mass is 451 g/mol. The maximum atomic E-state index is 12.9. The molecule has 1 aliphatic heterocycles. The Morgan fingerprint density at radius 2 is 2.00 bits per heavy atom. The molecule has 32 heavy (non-hydrogen) atoms. The second-order valence-corrected chi connectivity index (χ2v) is 9.73. The molecule has 1 aromatic carbocycles. The summed E-state index contributed by atoms with van der Waals surface area (Å²) in [5, 5.41) is 8.51. The summed E-state index contributed by atoms with van der Waals surface area (Å²) in [6.07, 6.45) is 7.54. The lowest BCUT2D eigenvalue weighted by Crippen LogP contribution is -2.43. The largest absolute Gasteiger partial charge is 0.356 e. The number of fused-ring (bicyclic) bond motifs is 2. The van der Waals surface area contributed by atoms with E-state index < -0.39 is 0 Å². The van der Waals surface area contributed by atoms with Crippen molar-refractivity contribution in [3.8, 4) is 0 Å². The number of aromatic nitrogens is 3. The molecule has 0 saturated carbocycles. The molecule has 3 aromatic rings. The van der Waals surface area contributed by atoms with Crippen molar-refractivity contribution in [3.05, 3.63) is 57.5 Å². The van der Waals surface area contributed by atoms with E-state index in [1.807, 2.05) is 18.2 Å². The molecule has 1 aliphatic carbocycles. The van der Waals surface area contributed by atoms with Crippen LogP contribution in [0.2, 0.25) is 0 Å². The highest BCUT2D eigenvalue weighted by molar-refractivity contribution is 7.20. The molecule has 2 aromatic heterocycles. The Hall–Kier alpha value is -2.74. The van der Waals surface area contributed by atoms with Gasteiger partial charge in [0.05, 0.1) is 11.6 Å². The van der Waals surface area contributed by atoms with Crippen molar-refractivity contribution in [3.63, 3.8) is 0 Å². The lowest BCUT2D eigenvalue weighted by molar-refractivity contribution is -0.125. The summed E-state index contributed by atoms with van der Waals surface area (Å²) in [5.74, 6) is 0.0694. The van der Waals surface area contributed by atoms with Crippen molar-refractivity contribution in [2.45, 2.75) is 51.4 Å². The topological polar surface area (TPSA) is 79.6 Å². The average Bonchev–Trinajstić information content (AvgIpc) is 3.27. The number of carbonyl (C=O) groups is 1. The van der Waals surface area contributed by atoms with Gasteiger partial charge in [0.2, 0.25) is 16.0 Å². The Bertz CT molecular complexity index is 1160. The minimum atomic E-state index is -0.0506. The number of amides is 1. The van der Waals surface area contributed by atoms with E-state index in [1.165, 1.54) is 21.4 Å². The molecule has 1 fully saturated rings.